The summed E-state index contributed by atoms with van der Waals surface area (Å²) >= 11 is 0. The molecule has 0 aliphatic rings. The first-order valence-corrected chi connectivity index (χ1v) is 4.16. The van der Waals surface area contributed by atoms with Gasteiger partial charge in [0, 0.05) is 6.16 Å². The molecular formula is C2H3F4P2. The maximum atomic E-state index is 11.1. The van der Waals surface area contributed by atoms with Gasteiger partial charge in [0.1, 0.15) is 0 Å². The van der Waals surface area contributed by atoms with Crippen molar-refractivity contribution in [2.24, 2.45) is 0 Å². The van der Waals surface area contributed by atoms with Crippen LogP contribution in [0.3, 0.4) is 0 Å². The first kappa shape index (κ1) is 8.58. The standard InChI is InChI=1S/C2H3F4P2/c3-7(4)1-2-8(5)6/h1H,2H2. The van der Waals surface area contributed by atoms with Gasteiger partial charge in [0.15, 0.2) is 0 Å². The SMILES string of the molecule is FP(F)[CH]CP(F)F. The van der Waals surface area contributed by atoms with Gasteiger partial charge in [0.05, 0.1) is 6.16 Å². The smallest absolute Gasteiger partial charge is 0.189 e. The Morgan fingerprint density at radius 3 is 1.75 bits per heavy atom. The Labute approximate surface area is 47.3 Å². The van der Waals surface area contributed by atoms with Crippen molar-refractivity contribution in [1.29, 1.82) is 0 Å². The maximum absolute atomic E-state index is 11.1. The van der Waals surface area contributed by atoms with E-state index in [4.69, 9.17) is 0 Å². The molecule has 0 fully saturated rings. The van der Waals surface area contributed by atoms with Crippen molar-refractivity contribution in [2.45, 2.75) is 0 Å². The number of hydrogen-bond donors (Lipinski definition) is 0. The number of halogens is 4. The van der Waals surface area contributed by atoms with Crippen LogP contribution in [0.15, 0.2) is 0 Å². The molecule has 0 aromatic rings. The monoisotopic (exact) mass is 165 g/mol. The van der Waals surface area contributed by atoms with Crippen molar-refractivity contribution in [3.8, 4) is 0 Å². The van der Waals surface area contributed by atoms with Crippen molar-refractivity contribution in [3.63, 3.8) is 0 Å². The third-order valence-electron chi connectivity index (χ3n) is 0.358. The zero-order valence-corrected chi connectivity index (χ0v) is 5.48. The Bertz CT molecular complexity index is 48.0. The third-order valence-corrected chi connectivity index (χ3v) is 1.56. The summed E-state index contributed by atoms with van der Waals surface area (Å²) in [6.07, 6.45) is -0.352. The van der Waals surface area contributed by atoms with E-state index in [2.05, 4.69) is 0 Å². The second kappa shape index (κ2) is 4.46. The van der Waals surface area contributed by atoms with Gasteiger partial charge in [0.25, 0.3) is 17.1 Å². The summed E-state index contributed by atoms with van der Waals surface area (Å²) in [5, 5.41) is 0. The molecule has 8 heavy (non-hydrogen) atoms. The third kappa shape index (κ3) is 6.58. The van der Waals surface area contributed by atoms with Crippen LogP contribution in [0.1, 0.15) is 0 Å². The molecule has 0 bridgehead atoms. The lowest BCUT2D eigenvalue weighted by molar-refractivity contribution is 0.736. The second-order valence-corrected chi connectivity index (χ2v) is 2.78. The van der Waals surface area contributed by atoms with Crippen molar-refractivity contribution in [1.82, 2.24) is 0 Å². The van der Waals surface area contributed by atoms with Gasteiger partial charge in [-0.15, -0.1) is 0 Å². The largest absolute Gasteiger partial charge is 0.270 e. The van der Waals surface area contributed by atoms with Crippen LogP contribution in [0.4, 0.5) is 16.8 Å². The van der Waals surface area contributed by atoms with Gasteiger partial charge in [-0.2, -0.15) is 16.8 Å². The van der Waals surface area contributed by atoms with Crippen LogP contribution in [-0.2, 0) is 0 Å². The molecule has 0 saturated carbocycles. The fourth-order valence-corrected chi connectivity index (χ4v) is 1.11. The van der Waals surface area contributed by atoms with E-state index in [9.17, 15) is 16.8 Å². The van der Waals surface area contributed by atoms with Gasteiger partial charge < -0.3 is 0 Å². The van der Waals surface area contributed by atoms with E-state index in [0.717, 1.165) is 0 Å². The van der Waals surface area contributed by atoms with E-state index < -0.39 is 23.2 Å². The van der Waals surface area contributed by atoms with Gasteiger partial charge in [-0.3, -0.25) is 0 Å². The molecule has 1 radical (unpaired) electrons. The van der Waals surface area contributed by atoms with Gasteiger partial charge in [-0.25, -0.2) is 0 Å². The minimum Gasteiger partial charge on any atom is -0.189 e. The Balaban J connectivity index is 2.93. The summed E-state index contributed by atoms with van der Waals surface area (Å²) < 4.78 is 44.4. The summed E-state index contributed by atoms with van der Waals surface area (Å²) in [5.41, 5.74) is 0. The molecule has 0 atom stereocenters. The lowest BCUT2D eigenvalue weighted by Crippen LogP contribution is -1.69. The quantitative estimate of drug-likeness (QED) is 0.442. The molecule has 6 heteroatoms. The highest BCUT2D eigenvalue weighted by molar-refractivity contribution is 7.52. The summed E-state index contributed by atoms with van der Waals surface area (Å²) in [6.45, 7) is 0. The predicted octanol–water partition coefficient (Wildman–Crippen LogP) is 3.65. The van der Waals surface area contributed by atoms with Crippen LogP contribution >= 0.6 is 17.1 Å². The molecule has 0 aliphatic heterocycles. The van der Waals surface area contributed by atoms with Crippen molar-refractivity contribution >= 4 is 17.1 Å². The van der Waals surface area contributed by atoms with Gasteiger partial charge in [-0.1, -0.05) is 0 Å². The highest BCUT2D eigenvalue weighted by Crippen LogP contribution is 2.49. The Morgan fingerprint density at radius 2 is 1.62 bits per heavy atom. The fraction of sp³-hybridized carbons (Fsp3) is 0.500. The van der Waals surface area contributed by atoms with Crippen LogP contribution in [0.25, 0.3) is 0 Å². The van der Waals surface area contributed by atoms with Crippen molar-refractivity contribution in [3.05, 3.63) is 6.16 Å². The highest BCUT2D eigenvalue weighted by Gasteiger charge is 2.10. The molecule has 49 valence electrons. The van der Waals surface area contributed by atoms with E-state index in [-0.39, 0.29) is 0 Å². The predicted molar refractivity (Wildman–Crippen MR) is 27.4 cm³/mol. The molecule has 0 saturated heterocycles. The molecule has 0 aromatic carbocycles. The molecule has 0 nitrogen and oxygen atoms in total. The summed E-state index contributed by atoms with van der Waals surface area (Å²) in [5.74, 6) is 0. The molecular weight excluding hydrogens is 162 g/mol. The van der Waals surface area contributed by atoms with E-state index >= 15 is 0 Å². The minimum absolute atomic E-state index is 0.376. The van der Waals surface area contributed by atoms with Crippen LogP contribution in [-0.4, -0.2) is 6.16 Å². The minimum atomic E-state index is -3.22. The van der Waals surface area contributed by atoms with E-state index in [1.54, 1.807) is 0 Å². The van der Waals surface area contributed by atoms with Crippen LogP contribution in [0.5, 0.6) is 0 Å². The van der Waals surface area contributed by atoms with Crippen LogP contribution in [0, 0.1) is 6.16 Å². The first-order chi connectivity index (χ1) is 3.63. The summed E-state index contributed by atoms with van der Waals surface area (Å²) in [7, 11) is -6.37. The first-order valence-electron chi connectivity index (χ1n) is 1.66. The van der Waals surface area contributed by atoms with E-state index in [1.807, 2.05) is 0 Å². The molecule has 0 aliphatic carbocycles. The lowest BCUT2D eigenvalue weighted by Gasteiger charge is -1.92. The molecule has 0 unspecified atom stereocenters. The van der Waals surface area contributed by atoms with Crippen molar-refractivity contribution < 1.29 is 16.8 Å². The van der Waals surface area contributed by atoms with Crippen LogP contribution in [0.2, 0.25) is 0 Å². The summed E-state index contributed by atoms with van der Waals surface area (Å²) in [4.78, 5) is 0. The van der Waals surface area contributed by atoms with Crippen molar-refractivity contribution in [2.75, 3.05) is 6.16 Å². The molecule has 0 N–H and O–H groups in total. The topological polar surface area (TPSA) is 0 Å². The number of rotatable bonds is 3. The molecule has 0 heterocycles. The maximum Gasteiger partial charge on any atom is 0.270 e. The average molecular weight is 165 g/mol. The highest BCUT2D eigenvalue weighted by atomic mass is 31.2. The normalized spacial score (nSPS) is 11.2. The molecule has 0 rings (SSSR count). The van der Waals surface area contributed by atoms with E-state index in [0.29, 0.717) is 6.16 Å². The molecule has 0 aromatic heterocycles. The number of hydrogen-bond acceptors (Lipinski definition) is 0. The Kier molecular flexibility index (Phi) is 4.78. The molecule has 0 spiro atoms. The lowest BCUT2D eigenvalue weighted by atomic mass is 11.0. The molecule has 0 amide bonds. The second-order valence-electron chi connectivity index (χ2n) is 0.927. The van der Waals surface area contributed by atoms with E-state index in [1.165, 1.54) is 0 Å². The van der Waals surface area contributed by atoms with Gasteiger partial charge in [-0.05, 0) is 0 Å². The summed E-state index contributed by atoms with van der Waals surface area (Å²) in [6, 6.07) is 0. The zero-order chi connectivity index (χ0) is 6.57. The fourth-order valence-electron chi connectivity index (χ4n) is 0.123. The Hall–Kier alpha value is 0.580. The van der Waals surface area contributed by atoms with Gasteiger partial charge in [0.2, 0.25) is 0 Å². The van der Waals surface area contributed by atoms with Crippen LogP contribution < -0.4 is 0 Å². The average Bonchev–Trinajstić information content (AvgIpc) is 1.61. The zero-order valence-electron chi connectivity index (χ0n) is 3.69. The van der Waals surface area contributed by atoms with Gasteiger partial charge >= 0.3 is 0 Å². The Morgan fingerprint density at radius 1 is 1.12 bits per heavy atom.